The molecule has 0 radical (unpaired) electrons. The first kappa shape index (κ1) is 22.0. The quantitative estimate of drug-likeness (QED) is 0.655. The average molecular weight is 427 g/mol. The second-order valence-electron chi connectivity index (χ2n) is 9.45. The molecule has 3 amide bonds. The molecule has 31 heavy (non-hydrogen) atoms. The van der Waals surface area contributed by atoms with E-state index in [4.69, 9.17) is 4.74 Å². The van der Waals surface area contributed by atoms with Crippen molar-refractivity contribution in [1.29, 1.82) is 0 Å². The molecule has 6 nitrogen and oxygen atoms in total. The van der Waals surface area contributed by atoms with E-state index in [0.717, 1.165) is 31.2 Å². The fraction of sp³-hybridized carbons (Fsp3) is 0.640. The molecule has 1 aromatic rings. The van der Waals surface area contributed by atoms with Crippen molar-refractivity contribution in [1.82, 2.24) is 9.80 Å². The van der Waals surface area contributed by atoms with E-state index in [1.165, 1.54) is 24.2 Å². The maximum absolute atomic E-state index is 13.8. The Morgan fingerprint density at radius 2 is 1.81 bits per heavy atom. The molecule has 1 aliphatic carbocycles. The minimum atomic E-state index is -1.09. The molecule has 2 aliphatic heterocycles. The molecule has 0 N–H and O–H groups in total. The summed E-state index contributed by atoms with van der Waals surface area (Å²) in [6, 6.07) is 9.43. The first-order valence-corrected chi connectivity index (χ1v) is 11.7. The number of rotatable bonds is 6. The summed E-state index contributed by atoms with van der Waals surface area (Å²) in [7, 11) is 1.67. The Morgan fingerprint density at radius 1 is 1.06 bits per heavy atom. The SMILES string of the molecule is CO[C@H]1CCCN(C(=O)C[C@@]2(c3ccccc3)CC(=O)N(CC3CCCCC3)C2=O)C1. The summed E-state index contributed by atoms with van der Waals surface area (Å²) in [5.41, 5.74) is -0.322. The van der Waals surface area contributed by atoms with Crippen molar-refractivity contribution in [3.8, 4) is 0 Å². The van der Waals surface area contributed by atoms with Crippen molar-refractivity contribution in [2.75, 3.05) is 26.7 Å². The van der Waals surface area contributed by atoms with Crippen LogP contribution in [-0.2, 0) is 24.5 Å². The van der Waals surface area contributed by atoms with E-state index in [-0.39, 0.29) is 36.7 Å². The number of hydrogen-bond donors (Lipinski definition) is 0. The highest BCUT2D eigenvalue weighted by Crippen LogP contribution is 2.41. The summed E-state index contributed by atoms with van der Waals surface area (Å²) >= 11 is 0. The predicted molar refractivity (Wildman–Crippen MR) is 117 cm³/mol. The number of hydrogen-bond acceptors (Lipinski definition) is 4. The van der Waals surface area contributed by atoms with Gasteiger partial charge in [0.2, 0.25) is 17.7 Å². The Balaban J connectivity index is 1.58. The molecule has 0 bridgehead atoms. The van der Waals surface area contributed by atoms with Crippen LogP contribution in [0.25, 0.3) is 0 Å². The van der Waals surface area contributed by atoms with Gasteiger partial charge in [-0.2, -0.15) is 0 Å². The number of imide groups is 1. The van der Waals surface area contributed by atoms with Crippen molar-refractivity contribution in [3.63, 3.8) is 0 Å². The average Bonchev–Trinajstić information content (AvgIpc) is 3.05. The second-order valence-corrected chi connectivity index (χ2v) is 9.45. The van der Waals surface area contributed by atoms with Gasteiger partial charge in [-0.15, -0.1) is 0 Å². The number of methoxy groups -OCH3 is 1. The topological polar surface area (TPSA) is 66.9 Å². The fourth-order valence-corrected chi connectivity index (χ4v) is 5.56. The second kappa shape index (κ2) is 9.51. The molecule has 0 aromatic heterocycles. The van der Waals surface area contributed by atoms with Crippen LogP contribution in [0.2, 0.25) is 0 Å². The number of amides is 3. The van der Waals surface area contributed by atoms with E-state index in [2.05, 4.69) is 0 Å². The molecule has 3 aliphatic rings. The van der Waals surface area contributed by atoms with Gasteiger partial charge in [0, 0.05) is 39.6 Å². The molecule has 2 atom stereocenters. The summed E-state index contributed by atoms with van der Waals surface area (Å²) < 4.78 is 5.47. The highest BCUT2D eigenvalue weighted by molar-refractivity contribution is 6.10. The van der Waals surface area contributed by atoms with Crippen LogP contribution in [0, 0.1) is 5.92 Å². The number of likely N-dealkylation sites (tertiary alicyclic amines) is 2. The minimum Gasteiger partial charge on any atom is -0.380 e. The molecule has 6 heteroatoms. The highest BCUT2D eigenvalue weighted by Gasteiger charge is 2.54. The fourth-order valence-electron chi connectivity index (χ4n) is 5.56. The summed E-state index contributed by atoms with van der Waals surface area (Å²) in [6.45, 7) is 1.72. The lowest BCUT2D eigenvalue weighted by molar-refractivity contribution is -0.144. The van der Waals surface area contributed by atoms with Gasteiger partial charge >= 0.3 is 0 Å². The standard InChI is InChI=1S/C25H34N2O4/c1-31-21-13-8-14-26(18-21)22(28)15-25(20-11-6-3-7-12-20)16-23(29)27(24(25)30)17-19-9-4-2-5-10-19/h3,6-7,11-12,19,21H,2,4-5,8-10,13-18H2,1H3/t21-,25-/m0/s1. The molecule has 1 aromatic carbocycles. The number of piperidine rings is 1. The van der Waals surface area contributed by atoms with Crippen LogP contribution in [0.4, 0.5) is 0 Å². The monoisotopic (exact) mass is 426 g/mol. The van der Waals surface area contributed by atoms with E-state index in [1.54, 1.807) is 7.11 Å². The molecule has 0 unspecified atom stereocenters. The molecule has 2 heterocycles. The normalized spacial score (nSPS) is 27.7. The Hall–Kier alpha value is -2.21. The maximum Gasteiger partial charge on any atom is 0.240 e. The van der Waals surface area contributed by atoms with Gasteiger partial charge in [0.1, 0.15) is 0 Å². The van der Waals surface area contributed by atoms with Crippen molar-refractivity contribution in [2.24, 2.45) is 5.92 Å². The van der Waals surface area contributed by atoms with Gasteiger partial charge in [-0.05, 0) is 37.2 Å². The van der Waals surface area contributed by atoms with Crippen LogP contribution in [0.15, 0.2) is 30.3 Å². The molecule has 2 saturated heterocycles. The van der Waals surface area contributed by atoms with Gasteiger partial charge in [0.25, 0.3) is 0 Å². The zero-order chi connectivity index (χ0) is 21.8. The lowest BCUT2D eigenvalue weighted by Gasteiger charge is -2.35. The number of ether oxygens (including phenoxy) is 1. The van der Waals surface area contributed by atoms with Crippen LogP contribution in [0.5, 0.6) is 0 Å². The van der Waals surface area contributed by atoms with Crippen LogP contribution in [0.1, 0.15) is 63.4 Å². The van der Waals surface area contributed by atoms with E-state index in [0.29, 0.717) is 25.6 Å². The summed E-state index contributed by atoms with van der Waals surface area (Å²) in [4.78, 5) is 43.4. The van der Waals surface area contributed by atoms with Gasteiger partial charge in [0.05, 0.1) is 11.5 Å². The van der Waals surface area contributed by atoms with Gasteiger partial charge in [-0.3, -0.25) is 19.3 Å². The van der Waals surface area contributed by atoms with Crippen LogP contribution >= 0.6 is 0 Å². The molecular weight excluding hydrogens is 392 g/mol. The third-order valence-corrected chi connectivity index (χ3v) is 7.42. The molecule has 3 fully saturated rings. The third-order valence-electron chi connectivity index (χ3n) is 7.42. The molecule has 4 rings (SSSR count). The maximum atomic E-state index is 13.8. The van der Waals surface area contributed by atoms with E-state index >= 15 is 0 Å². The predicted octanol–water partition coefficient (Wildman–Crippen LogP) is 3.29. The van der Waals surface area contributed by atoms with Crippen molar-refractivity contribution in [2.45, 2.75) is 69.3 Å². The molecule has 0 spiro atoms. The molecule has 168 valence electrons. The van der Waals surface area contributed by atoms with Crippen molar-refractivity contribution >= 4 is 17.7 Å². The van der Waals surface area contributed by atoms with Crippen LogP contribution in [0.3, 0.4) is 0 Å². The Kier molecular flexibility index (Phi) is 6.75. The smallest absolute Gasteiger partial charge is 0.240 e. The van der Waals surface area contributed by atoms with Crippen LogP contribution in [-0.4, -0.2) is 60.4 Å². The number of carbonyl (C=O) groups is 3. The van der Waals surface area contributed by atoms with Gasteiger partial charge in [-0.1, -0.05) is 49.6 Å². The Morgan fingerprint density at radius 3 is 2.52 bits per heavy atom. The van der Waals surface area contributed by atoms with Gasteiger partial charge in [-0.25, -0.2) is 0 Å². The van der Waals surface area contributed by atoms with Gasteiger partial charge < -0.3 is 9.64 Å². The largest absolute Gasteiger partial charge is 0.380 e. The lowest BCUT2D eigenvalue weighted by atomic mass is 9.75. The Labute approximate surface area is 184 Å². The van der Waals surface area contributed by atoms with Crippen molar-refractivity contribution < 1.29 is 19.1 Å². The van der Waals surface area contributed by atoms with Crippen LogP contribution < -0.4 is 0 Å². The zero-order valence-electron chi connectivity index (χ0n) is 18.6. The number of benzene rings is 1. The van der Waals surface area contributed by atoms with E-state index in [1.807, 2.05) is 35.2 Å². The minimum absolute atomic E-state index is 0.0362. The Bertz CT molecular complexity index is 805. The first-order valence-electron chi connectivity index (χ1n) is 11.7. The lowest BCUT2D eigenvalue weighted by Crippen LogP contribution is -2.47. The summed E-state index contributed by atoms with van der Waals surface area (Å²) in [5, 5.41) is 0. The number of carbonyl (C=O) groups excluding carboxylic acids is 3. The third kappa shape index (κ3) is 4.54. The van der Waals surface area contributed by atoms with Crippen molar-refractivity contribution in [3.05, 3.63) is 35.9 Å². The van der Waals surface area contributed by atoms with Gasteiger partial charge in [0.15, 0.2) is 0 Å². The first-order chi connectivity index (χ1) is 15.0. The molecule has 1 saturated carbocycles. The number of nitrogens with zero attached hydrogens (tertiary/aromatic N) is 2. The zero-order valence-corrected chi connectivity index (χ0v) is 18.6. The highest BCUT2D eigenvalue weighted by atomic mass is 16.5. The van der Waals surface area contributed by atoms with E-state index < -0.39 is 5.41 Å². The van der Waals surface area contributed by atoms with E-state index in [9.17, 15) is 14.4 Å². The summed E-state index contributed by atoms with van der Waals surface area (Å²) in [6.07, 6.45) is 7.70. The summed E-state index contributed by atoms with van der Waals surface area (Å²) in [5.74, 6) is -0.0108. The molecular formula is C25H34N2O4.